The molecule has 0 saturated heterocycles. The summed E-state index contributed by atoms with van der Waals surface area (Å²) in [4.78, 5) is 9.82. The van der Waals surface area contributed by atoms with Crippen LogP contribution in [0.15, 0.2) is 174 Å². The first-order valence-electron chi connectivity index (χ1n) is 16.3. The maximum atomic E-state index is 5.28. The van der Waals surface area contributed by atoms with Crippen LogP contribution in [-0.4, -0.2) is 12.6 Å². The average Bonchev–Trinajstić information content (AvgIpc) is 3.45. The molecule has 0 atom stereocenters. The molecule has 0 spiro atoms. The average molecular weight is 603 g/mol. The lowest BCUT2D eigenvalue weighted by atomic mass is 9.67. The third kappa shape index (κ3) is 4.56. The minimum Gasteiger partial charge on any atom is -0.245 e. The summed E-state index contributed by atoms with van der Waals surface area (Å²) in [5.41, 5.74) is 10.0. The van der Waals surface area contributed by atoms with Gasteiger partial charge >= 0.3 is 0 Å². The van der Waals surface area contributed by atoms with Gasteiger partial charge in [-0.05, 0) is 80.2 Å². The molecule has 0 aliphatic heterocycles. The summed E-state index contributed by atoms with van der Waals surface area (Å²) in [6.45, 7) is 6.16. The highest BCUT2D eigenvalue weighted by Crippen LogP contribution is 2.56. The molecule has 0 unspecified atom stereocenters. The zero-order chi connectivity index (χ0) is 31.8. The van der Waals surface area contributed by atoms with Gasteiger partial charge in [0.05, 0.1) is 11.1 Å². The molecule has 0 radical (unpaired) electrons. The summed E-state index contributed by atoms with van der Waals surface area (Å²) in [6, 6.07) is 56.7. The van der Waals surface area contributed by atoms with E-state index in [4.69, 9.17) is 4.99 Å². The molecule has 0 fully saturated rings. The fourth-order valence-electron chi connectivity index (χ4n) is 7.58. The minimum atomic E-state index is -0.473. The van der Waals surface area contributed by atoms with Gasteiger partial charge in [0.25, 0.3) is 0 Å². The largest absolute Gasteiger partial charge is 0.245 e. The van der Waals surface area contributed by atoms with E-state index in [1.165, 1.54) is 44.2 Å². The Kier molecular flexibility index (Phi) is 7.19. The number of benzene rings is 7. The summed E-state index contributed by atoms with van der Waals surface area (Å²) in [7, 11) is 0. The molecule has 0 amide bonds. The second-order valence-corrected chi connectivity index (χ2v) is 12.1. The summed E-state index contributed by atoms with van der Waals surface area (Å²) in [5, 5.41) is 4.67. The molecule has 2 nitrogen and oxygen atoms in total. The summed E-state index contributed by atoms with van der Waals surface area (Å²) >= 11 is 0. The zero-order valence-electron chi connectivity index (χ0n) is 26.4. The Balaban J connectivity index is 1.34. The van der Waals surface area contributed by atoms with E-state index in [0.717, 1.165) is 34.0 Å². The van der Waals surface area contributed by atoms with Crippen LogP contribution in [0, 0.1) is 0 Å². The van der Waals surface area contributed by atoms with Crippen molar-refractivity contribution in [1.29, 1.82) is 0 Å². The fourth-order valence-corrected chi connectivity index (χ4v) is 7.58. The van der Waals surface area contributed by atoms with E-state index in [1.54, 1.807) is 0 Å². The fraction of sp³-hybridized carbons (Fsp3) is 0.0667. The number of nitrogens with zero attached hydrogens (tertiary/aromatic N) is 2. The topological polar surface area (TPSA) is 24.7 Å². The van der Waals surface area contributed by atoms with E-state index in [9.17, 15) is 0 Å². The van der Waals surface area contributed by atoms with Crippen LogP contribution in [0.2, 0.25) is 0 Å². The number of hydrogen-bond acceptors (Lipinski definition) is 1. The molecule has 7 aromatic rings. The Labute approximate surface area is 276 Å². The molecule has 0 bridgehead atoms. The van der Waals surface area contributed by atoms with Gasteiger partial charge in [-0.1, -0.05) is 159 Å². The quantitative estimate of drug-likeness (QED) is 0.103. The van der Waals surface area contributed by atoms with Crippen LogP contribution in [0.1, 0.15) is 46.7 Å². The molecule has 224 valence electrons. The summed E-state index contributed by atoms with van der Waals surface area (Å²) in [5.74, 6) is 0.617. The van der Waals surface area contributed by atoms with Gasteiger partial charge in [-0.2, -0.15) is 0 Å². The SMILES string of the molecule is C=NC(=N/C(=C\CC)c1cccc(C2(c3ccccc3)c3ccccc3-c3ccccc32)c1)c1cc2ccccc2c2ccccc12. The van der Waals surface area contributed by atoms with Crippen molar-refractivity contribution in [3.05, 3.63) is 197 Å². The molecule has 0 heterocycles. The lowest BCUT2D eigenvalue weighted by molar-refractivity contribution is 0.768. The van der Waals surface area contributed by atoms with Crippen molar-refractivity contribution in [2.45, 2.75) is 18.8 Å². The molecular weight excluding hydrogens is 569 g/mol. The normalized spacial score (nSPS) is 13.8. The highest BCUT2D eigenvalue weighted by molar-refractivity contribution is 6.20. The first-order valence-corrected chi connectivity index (χ1v) is 16.3. The van der Waals surface area contributed by atoms with Crippen molar-refractivity contribution < 1.29 is 0 Å². The first-order chi connectivity index (χ1) is 23.2. The van der Waals surface area contributed by atoms with Crippen LogP contribution < -0.4 is 0 Å². The van der Waals surface area contributed by atoms with Crippen LogP contribution in [0.25, 0.3) is 38.4 Å². The van der Waals surface area contributed by atoms with Gasteiger partial charge in [-0.15, -0.1) is 0 Å². The molecule has 0 saturated carbocycles. The maximum absolute atomic E-state index is 5.28. The predicted molar refractivity (Wildman–Crippen MR) is 200 cm³/mol. The highest BCUT2D eigenvalue weighted by atomic mass is 14.9. The molecular formula is C45H34N2. The molecule has 1 aliphatic rings. The van der Waals surface area contributed by atoms with Gasteiger partial charge in [0, 0.05) is 11.1 Å². The van der Waals surface area contributed by atoms with Crippen LogP contribution in [0.3, 0.4) is 0 Å². The number of fused-ring (bicyclic) bond motifs is 6. The molecule has 0 N–H and O–H groups in total. The van der Waals surface area contributed by atoms with Gasteiger partial charge in [0.1, 0.15) is 0 Å². The summed E-state index contributed by atoms with van der Waals surface area (Å²) < 4.78 is 0. The molecule has 8 rings (SSSR count). The van der Waals surface area contributed by atoms with Crippen molar-refractivity contribution in [3.63, 3.8) is 0 Å². The molecule has 2 heteroatoms. The van der Waals surface area contributed by atoms with Crippen molar-refractivity contribution in [2.24, 2.45) is 9.98 Å². The van der Waals surface area contributed by atoms with Gasteiger partial charge in [0.15, 0.2) is 5.84 Å². The van der Waals surface area contributed by atoms with E-state index >= 15 is 0 Å². The van der Waals surface area contributed by atoms with Crippen LogP contribution in [-0.2, 0) is 5.41 Å². The smallest absolute Gasteiger partial charge is 0.159 e. The lowest BCUT2D eigenvalue weighted by Gasteiger charge is -2.34. The first kappa shape index (κ1) is 28.6. The third-order valence-corrected chi connectivity index (χ3v) is 9.53. The molecule has 47 heavy (non-hydrogen) atoms. The van der Waals surface area contributed by atoms with E-state index in [0.29, 0.717) is 5.84 Å². The standard InChI is InChI=1S/C45H34N2/c1-3-16-43(47-44(46-2)40-30-31-17-7-8-22-35(31)36-23-9-10-24-37(36)40)32-18-15-21-34(29-32)45(33-19-5-4-6-20-33)41-27-13-11-25-38(41)39-26-12-14-28-42(39)45/h4-30H,2-3H2,1H3/b43-16-,47-44?. The number of rotatable bonds is 6. The monoisotopic (exact) mass is 602 g/mol. The predicted octanol–water partition coefficient (Wildman–Crippen LogP) is 11.3. The molecule has 0 aromatic heterocycles. The Morgan fingerprint density at radius 2 is 1.19 bits per heavy atom. The van der Waals surface area contributed by atoms with Gasteiger partial charge < -0.3 is 0 Å². The Hall–Kier alpha value is -5.86. The van der Waals surface area contributed by atoms with Gasteiger partial charge in [-0.3, -0.25) is 0 Å². The van der Waals surface area contributed by atoms with Crippen molar-refractivity contribution in [3.8, 4) is 11.1 Å². The van der Waals surface area contributed by atoms with Gasteiger partial charge in [-0.25, -0.2) is 9.98 Å². The van der Waals surface area contributed by atoms with Crippen molar-refractivity contribution in [2.75, 3.05) is 0 Å². The van der Waals surface area contributed by atoms with Crippen molar-refractivity contribution in [1.82, 2.24) is 0 Å². The van der Waals surface area contributed by atoms with E-state index in [2.05, 4.69) is 182 Å². The van der Waals surface area contributed by atoms with E-state index < -0.39 is 5.41 Å². The van der Waals surface area contributed by atoms with Crippen LogP contribution >= 0.6 is 0 Å². The van der Waals surface area contributed by atoms with E-state index in [1.807, 2.05) is 0 Å². The zero-order valence-corrected chi connectivity index (χ0v) is 26.4. The van der Waals surface area contributed by atoms with Crippen LogP contribution in [0.5, 0.6) is 0 Å². The number of allylic oxidation sites excluding steroid dienone is 1. The molecule has 7 aromatic carbocycles. The summed E-state index contributed by atoms with van der Waals surface area (Å²) in [6.07, 6.45) is 3.03. The van der Waals surface area contributed by atoms with Crippen LogP contribution in [0.4, 0.5) is 0 Å². The third-order valence-electron chi connectivity index (χ3n) is 9.53. The highest BCUT2D eigenvalue weighted by Gasteiger charge is 2.45. The Morgan fingerprint density at radius 3 is 1.89 bits per heavy atom. The number of hydrogen-bond donors (Lipinski definition) is 0. The van der Waals surface area contributed by atoms with Crippen molar-refractivity contribution >= 4 is 39.8 Å². The van der Waals surface area contributed by atoms with Gasteiger partial charge in [0.2, 0.25) is 0 Å². The number of aliphatic imine (C=N–C) groups is 2. The van der Waals surface area contributed by atoms with E-state index in [-0.39, 0.29) is 0 Å². The maximum Gasteiger partial charge on any atom is 0.159 e. The second kappa shape index (κ2) is 11.8. The molecule has 1 aliphatic carbocycles. The second-order valence-electron chi connectivity index (χ2n) is 12.1. The Bertz CT molecular complexity index is 2310. The number of amidine groups is 1. The Morgan fingerprint density at radius 1 is 0.596 bits per heavy atom. The lowest BCUT2D eigenvalue weighted by Crippen LogP contribution is -2.28. The minimum absolute atomic E-state index is 0.473.